The minimum atomic E-state index is -0.417. The Labute approximate surface area is 138 Å². The van der Waals surface area contributed by atoms with E-state index in [2.05, 4.69) is 25.9 Å². The maximum Gasteiger partial charge on any atom is 0.246 e. The van der Waals surface area contributed by atoms with Crippen LogP contribution in [0.1, 0.15) is 18.4 Å². The zero-order chi connectivity index (χ0) is 15.8. The number of nitrogens with zero attached hydrogens (tertiary/aromatic N) is 2. The lowest BCUT2D eigenvalue weighted by molar-refractivity contribution is -0.122. The molecule has 0 aliphatic carbocycles. The molecular formula is C16H16N4O2S. The van der Waals surface area contributed by atoms with Gasteiger partial charge < -0.3 is 15.5 Å². The number of hydrogen-bond acceptors (Lipinski definition) is 5. The van der Waals surface area contributed by atoms with Gasteiger partial charge in [-0.15, -0.1) is 0 Å². The lowest BCUT2D eigenvalue weighted by Crippen LogP contribution is -2.37. The highest BCUT2D eigenvalue weighted by molar-refractivity contribution is 8.16. The van der Waals surface area contributed by atoms with Crippen molar-refractivity contribution < 1.29 is 9.59 Å². The molecule has 23 heavy (non-hydrogen) atoms. The summed E-state index contributed by atoms with van der Waals surface area (Å²) in [5, 5.41) is 8.70. The molecule has 6 nitrogen and oxygen atoms in total. The van der Waals surface area contributed by atoms with Crippen molar-refractivity contribution in [3.63, 3.8) is 0 Å². The van der Waals surface area contributed by atoms with Gasteiger partial charge in [0.1, 0.15) is 6.04 Å². The Balaban J connectivity index is 1.43. The van der Waals surface area contributed by atoms with Crippen molar-refractivity contribution >= 4 is 40.1 Å². The second-order valence-corrected chi connectivity index (χ2v) is 6.50. The number of fused-ring (bicyclic) bond motifs is 1. The molecule has 1 unspecified atom stereocenters. The molecule has 0 spiro atoms. The number of hydrogen-bond donors (Lipinski definition) is 2. The molecular weight excluding hydrogens is 312 g/mol. The molecule has 1 saturated heterocycles. The van der Waals surface area contributed by atoms with Crippen molar-refractivity contribution in [2.75, 3.05) is 18.4 Å². The standard InChI is InChI=1S/C16H16N4O2S/c21-14-6-5-12(19-14)15(22)18-11-3-1-10(2-4-11)13-9-23-16-17-7-8-20(13)16/h1-4,9,12H,5-8H2,(H,18,22)(H,19,21). The van der Waals surface area contributed by atoms with Crippen LogP contribution < -0.4 is 10.6 Å². The van der Waals surface area contributed by atoms with Crippen molar-refractivity contribution in [1.82, 2.24) is 10.2 Å². The van der Waals surface area contributed by atoms with E-state index in [0.29, 0.717) is 12.8 Å². The zero-order valence-electron chi connectivity index (χ0n) is 12.4. The first kappa shape index (κ1) is 14.3. The highest BCUT2D eigenvalue weighted by Gasteiger charge is 2.28. The van der Waals surface area contributed by atoms with Gasteiger partial charge in [0.25, 0.3) is 0 Å². The van der Waals surface area contributed by atoms with E-state index in [1.54, 1.807) is 11.8 Å². The maximum atomic E-state index is 12.1. The molecule has 7 heteroatoms. The molecule has 2 N–H and O–H groups in total. The summed E-state index contributed by atoms with van der Waals surface area (Å²) in [6.45, 7) is 1.77. The molecule has 0 bridgehead atoms. The number of aliphatic imine (C=N–C) groups is 1. The van der Waals surface area contributed by atoms with E-state index in [4.69, 9.17) is 0 Å². The van der Waals surface area contributed by atoms with Crippen LogP contribution in [0.3, 0.4) is 0 Å². The summed E-state index contributed by atoms with van der Waals surface area (Å²) >= 11 is 1.65. The van der Waals surface area contributed by atoms with Gasteiger partial charge in [0.2, 0.25) is 11.8 Å². The monoisotopic (exact) mass is 328 g/mol. The van der Waals surface area contributed by atoms with Crippen LogP contribution in [0.15, 0.2) is 34.7 Å². The van der Waals surface area contributed by atoms with Crippen LogP contribution in [0.4, 0.5) is 5.69 Å². The highest BCUT2D eigenvalue weighted by Crippen LogP contribution is 2.35. The molecule has 3 aliphatic rings. The predicted molar refractivity (Wildman–Crippen MR) is 90.8 cm³/mol. The normalized spacial score (nSPS) is 22.5. The van der Waals surface area contributed by atoms with Crippen molar-refractivity contribution in [2.45, 2.75) is 18.9 Å². The predicted octanol–water partition coefficient (Wildman–Crippen LogP) is 1.62. The van der Waals surface area contributed by atoms with Crippen LogP contribution in [0, 0.1) is 0 Å². The number of carbonyl (C=O) groups excluding carboxylic acids is 2. The summed E-state index contributed by atoms with van der Waals surface area (Å²) in [4.78, 5) is 29.9. The largest absolute Gasteiger partial charge is 0.344 e. The van der Waals surface area contributed by atoms with E-state index < -0.39 is 6.04 Å². The summed E-state index contributed by atoms with van der Waals surface area (Å²) in [5.41, 5.74) is 3.01. The number of carbonyl (C=O) groups is 2. The average molecular weight is 328 g/mol. The fourth-order valence-electron chi connectivity index (χ4n) is 2.91. The molecule has 1 fully saturated rings. The fourth-order valence-corrected chi connectivity index (χ4v) is 3.87. The van der Waals surface area contributed by atoms with E-state index in [9.17, 15) is 9.59 Å². The molecule has 0 saturated carbocycles. The molecule has 1 aromatic carbocycles. The summed E-state index contributed by atoms with van der Waals surface area (Å²) < 4.78 is 0. The smallest absolute Gasteiger partial charge is 0.246 e. The van der Waals surface area contributed by atoms with Gasteiger partial charge in [0, 0.05) is 24.1 Å². The van der Waals surface area contributed by atoms with Gasteiger partial charge in [0.15, 0.2) is 5.17 Å². The first-order valence-corrected chi connectivity index (χ1v) is 8.48. The molecule has 1 atom stereocenters. The second kappa shape index (κ2) is 5.73. The zero-order valence-corrected chi connectivity index (χ0v) is 13.2. The Hall–Kier alpha value is -2.28. The maximum absolute atomic E-state index is 12.1. The Morgan fingerprint density at radius 1 is 1.35 bits per heavy atom. The van der Waals surface area contributed by atoms with E-state index >= 15 is 0 Å². The Morgan fingerprint density at radius 2 is 2.17 bits per heavy atom. The molecule has 2 amide bonds. The first-order valence-electron chi connectivity index (χ1n) is 7.60. The lowest BCUT2D eigenvalue weighted by atomic mass is 10.1. The van der Waals surface area contributed by atoms with Gasteiger partial charge >= 0.3 is 0 Å². The summed E-state index contributed by atoms with van der Waals surface area (Å²) in [6.07, 6.45) is 0.979. The Kier molecular flexibility index (Phi) is 3.57. The molecule has 3 heterocycles. The van der Waals surface area contributed by atoms with Crippen LogP contribution in [-0.2, 0) is 9.59 Å². The molecule has 1 aromatic rings. The minimum Gasteiger partial charge on any atom is -0.344 e. The van der Waals surface area contributed by atoms with Gasteiger partial charge in [0.05, 0.1) is 12.2 Å². The lowest BCUT2D eigenvalue weighted by Gasteiger charge is -2.17. The van der Waals surface area contributed by atoms with E-state index in [1.807, 2.05) is 24.3 Å². The molecule has 3 aliphatic heterocycles. The number of amides is 2. The van der Waals surface area contributed by atoms with Gasteiger partial charge in [-0.3, -0.25) is 14.6 Å². The van der Waals surface area contributed by atoms with Crippen LogP contribution >= 0.6 is 11.8 Å². The van der Waals surface area contributed by atoms with E-state index in [0.717, 1.165) is 35.2 Å². The van der Waals surface area contributed by atoms with Gasteiger partial charge in [-0.1, -0.05) is 23.9 Å². The SMILES string of the molecule is O=C1CCC(C(=O)Nc2ccc(C3=CSC4=NCCN34)cc2)N1. The van der Waals surface area contributed by atoms with Crippen molar-refractivity contribution in [3.8, 4) is 0 Å². The fraction of sp³-hybridized carbons (Fsp3) is 0.312. The first-order chi connectivity index (χ1) is 11.2. The van der Waals surface area contributed by atoms with Crippen molar-refractivity contribution in [3.05, 3.63) is 35.2 Å². The van der Waals surface area contributed by atoms with Crippen LogP contribution in [-0.4, -0.2) is 41.0 Å². The minimum absolute atomic E-state index is 0.0609. The second-order valence-electron chi connectivity index (χ2n) is 5.66. The molecule has 0 aromatic heterocycles. The highest BCUT2D eigenvalue weighted by atomic mass is 32.2. The van der Waals surface area contributed by atoms with Crippen molar-refractivity contribution in [2.24, 2.45) is 4.99 Å². The van der Waals surface area contributed by atoms with E-state index in [1.165, 1.54) is 0 Å². The average Bonchev–Trinajstić information content (AvgIpc) is 3.24. The number of thioether (sulfide) groups is 1. The number of anilines is 1. The van der Waals surface area contributed by atoms with Crippen molar-refractivity contribution in [1.29, 1.82) is 0 Å². The topological polar surface area (TPSA) is 73.8 Å². The third kappa shape index (κ3) is 2.72. The van der Waals surface area contributed by atoms with Gasteiger partial charge in [-0.2, -0.15) is 0 Å². The molecule has 118 valence electrons. The van der Waals surface area contributed by atoms with Crippen LogP contribution in [0.2, 0.25) is 0 Å². The van der Waals surface area contributed by atoms with Crippen LogP contribution in [0.25, 0.3) is 5.70 Å². The number of nitrogens with one attached hydrogen (secondary N) is 2. The quantitative estimate of drug-likeness (QED) is 0.884. The Morgan fingerprint density at radius 3 is 2.91 bits per heavy atom. The van der Waals surface area contributed by atoms with Gasteiger partial charge in [-0.25, -0.2) is 0 Å². The molecule has 4 rings (SSSR count). The third-order valence-electron chi connectivity index (χ3n) is 4.13. The van der Waals surface area contributed by atoms with Crippen LogP contribution in [0.5, 0.6) is 0 Å². The summed E-state index contributed by atoms with van der Waals surface area (Å²) in [7, 11) is 0. The number of rotatable bonds is 3. The molecule has 0 radical (unpaired) electrons. The summed E-state index contributed by atoms with van der Waals surface area (Å²) in [5.74, 6) is -0.220. The van der Waals surface area contributed by atoms with E-state index in [-0.39, 0.29) is 11.8 Å². The third-order valence-corrected chi connectivity index (χ3v) is 5.03. The number of benzene rings is 1. The van der Waals surface area contributed by atoms with Gasteiger partial charge in [-0.05, 0) is 24.1 Å². The Bertz CT molecular complexity index is 726. The number of amidine groups is 1. The summed E-state index contributed by atoms with van der Waals surface area (Å²) in [6, 6.07) is 7.36.